The van der Waals surface area contributed by atoms with Crippen molar-refractivity contribution in [3.05, 3.63) is 0 Å². The zero-order chi connectivity index (χ0) is 15.6. The number of nitrogens with zero attached hydrogens (tertiary/aromatic N) is 1. The molecule has 4 nitrogen and oxygen atoms in total. The maximum absolute atomic E-state index is 12.5. The van der Waals surface area contributed by atoms with Crippen LogP contribution in [0.4, 0.5) is 0 Å². The first-order valence-corrected chi connectivity index (χ1v) is 9.17. The van der Waals surface area contributed by atoms with Gasteiger partial charge in [-0.15, -0.1) is 0 Å². The van der Waals surface area contributed by atoms with Crippen molar-refractivity contribution < 1.29 is 14.6 Å². The van der Waals surface area contributed by atoms with Gasteiger partial charge in [0.2, 0.25) is 5.91 Å². The van der Waals surface area contributed by atoms with E-state index in [9.17, 15) is 9.90 Å². The number of rotatable bonds is 3. The van der Waals surface area contributed by atoms with Crippen LogP contribution in [-0.2, 0) is 9.53 Å². The fourth-order valence-electron chi connectivity index (χ4n) is 4.76. The normalized spacial score (nSPS) is 35.0. The number of amides is 1. The van der Waals surface area contributed by atoms with Crippen LogP contribution < -0.4 is 0 Å². The maximum Gasteiger partial charge on any atom is 0.222 e. The summed E-state index contributed by atoms with van der Waals surface area (Å²) < 4.78 is 5.43. The molecule has 2 aliphatic heterocycles. The average molecular weight is 309 g/mol. The van der Waals surface area contributed by atoms with Crippen molar-refractivity contribution in [2.45, 2.75) is 63.9 Å². The minimum Gasteiger partial charge on any atom is -0.389 e. The van der Waals surface area contributed by atoms with Crippen molar-refractivity contribution in [3.63, 3.8) is 0 Å². The van der Waals surface area contributed by atoms with E-state index < -0.39 is 5.60 Å². The smallest absolute Gasteiger partial charge is 0.222 e. The Hall–Kier alpha value is -0.610. The number of carbonyl (C=O) groups is 1. The molecule has 0 spiro atoms. The molecule has 1 saturated carbocycles. The fourth-order valence-corrected chi connectivity index (χ4v) is 4.76. The van der Waals surface area contributed by atoms with Gasteiger partial charge in [-0.3, -0.25) is 4.79 Å². The summed E-state index contributed by atoms with van der Waals surface area (Å²) in [4.78, 5) is 14.5. The molecular weight excluding hydrogens is 278 g/mol. The number of hydrogen-bond donors (Lipinski definition) is 1. The standard InChI is InChI=1S/C18H31NO3/c1-14-13-19(17(20)12-15-4-2-3-5-15)9-8-18(14,21)16-6-10-22-11-7-16/h14-16,21H,2-13H2,1H3. The van der Waals surface area contributed by atoms with Crippen molar-refractivity contribution in [1.82, 2.24) is 4.90 Å². The van der Waals surface area contributed by atoms with Crippen molar-refractivity contribution in [2.24, 2.45) is 17.8 Å². The highest BCUT2D eigenvalue weighted by Crippen LogP contribution is 2.39. The molecule has 2 saturated heterocycles. The van der Waals surface area contributed by atoms with E-state index in [1.165, 1.54) is 25.7 Å². The van der Waals surface area contributed by atoms with E-state index in [2.05, 4.69) is 6.92 Å². The van der Waals surface area contributed by atoms with E-state index >= 15 is 0 Å². The van der Waals surface area contributed by atoms with Gasteiger partial charge in [-0.05, 0) is 43.9 Å². The molecular formula is C18H31NO3. The second-order valence-corrected chi connectivity index (χ2v) is 7.72. The summed E-state index contributed by atoms with van der Waals surface area (Å²) in [7, 11) is 0. The van der Waals surface area contributed by atoms with Gasteiger partial charge in [0.15, 0.2) is 0 Å². The van der Waals surface area contributed by atoms with Crippen molar-refractivity contribution in [2.75, 3.05) is 26.3 Å². The predicted octanol–water partition coefficient (Wildman–Crippen LogP) is 2.59. The molecule has 1 aliphatic carbocycles. The third-order valence-electron chi connectivity index (χ3n) is 6.35. The molecule has 0 aromatic rings. The molecule has 2 heterocycles. The molecule has 22 heavy (non-hydrogen) atoms. The molecule has 1 N–H and O–H groups in total. The Bertz CT molecular complexity index is 388. The van der Waals surface area contributed by atoms with Gasteiger partial charge in [0.25, 0.3) is 0 Å². The first-order valence-electron chi connectivity index (χ1n) is 9.17. The molecule has 0 radical (unpaired) electrons. The average Bonchev–Trinajstić information content (AvgIpc) is 3.04. The number of carbonyl (C=O) groups excluding carboxylic acids is 1. The van der Waals surface area contributed by atoms with E-state index in [1.807, 2.05) is 4.90 Å². The molecule has 2 atom stereocenters. The topological polar surface area (TPSA) is 49.8 Å². The highest BCUT2D eigenvalue weighted by Gasteiger charge is 2.46. The molecule has 4 heteroatoms. The highest BCUT2D eigenvalue weighted by molar-refractivity contribution is 5.76. The largest absolute Gasteiger partial charge is 0.389 e. The molecule has 1 amide bonds. The molecule has 126 valence electrons. The lowest BCUT2D eigenvalue weighted by Gasteiger charge is -2.48. The van der Waals surface area contributed by atoms with Crippen LogP contribution in [-0.4, -0.2) is 47.8 Å². The summed E-state index contributed by atoms with van der Waals surface area (Å²) in [5.74, 6) is 1.42. The summed E-state index contributed by atoms with van der Waals surface area (Å²) in [6.07, 6.45) is 8.39. The van der Waals surface area contributed by atoms with Gasteiger partial charge in [-0.25, -0.2) is 0 Å². The van der Waals surface area contributed by atoms with Gasteiger partial charge in [0.1, 0.15) is 0 Å². The van der Waals surface area contributed by atoms with Crippen LogP contribution in [0.5, 0.6) is 0 Å². The summed E-state index contributed by atoms with van der Waals surface area (Å²) in [5, 5.41) is 11.2. The van der Waals surface area contributed by atoms with Gasteiger partial charge >= 0.3 is 0 Å². The highest BCUT2D eigenvalue weighted by atomic mass is 16.5. The van der Waals surface area contributed by atoms with Crippen molar-refractivity contribution >= 4 is 5.91 Å². The van der Waals surface area contributed by atoms with Crippen LogP contribution >= 0.6 is 0 Å². The van der Waals surface area contributed by atoms with Crippen LogP contribution in [0, 0.1) is 17.8 Å². The second kappa shape index (κ2) is 6.88. The van der Waals surface area contributed by atoms with Crippen LogP contribution in [0.1, 0.15) is 58.3 Å². The Morgan fingerprint density at radius 1 is 1.23 bits per heavy atom. The molecule has 0 aromatic carbocycles. The number of likely N-dealkylation sites (tertiary alicyclic amines) is 1. The third-order valence-corrected chi connectivity index (χ3v) is 6.35. The number of hydrogen-bond acceptors (Lipinski definition) is 3. The minimum absolute atomic E-state index is 0.164. The zero-order valence-corrected chi connectivity index (χ0v) is 13.9. The first-order chi connectivity index (χ1) is 10.6. The third kappa shape index (κ3) is 3.33. The Balaban J connectivity index is 1.55. The summed E-state index contributed by atoms with van der Waals surface area (Å²) in [5.41, 5.74) is -0.603. The molecule has 3 fully saturated rings. The Labute approximate surface area is 134 Å². The van der Waals surface area contributed by atoms with E-state index in [1.54, 1.807) is 0 Å². The van der Waals surface area contributed by atoms with Crippen LogP contribution in [0.2, 0.25) is 0 Å². The lowest BCUT2D eigenvalue weighted by atomic mass is 9.70. The number of aliphatic hydroxyl groups is 1. The molecule has 3 rings (SSSR count). The summed E-state index contributed by atoms with van der Waals surface area (Å²) in [6, 6.07) is 0. The first kappa shape index (κ1) is 16.3. The second-order valence-electron chi connectivity index (χ2n) is 7.72. The number of piperidine rings is 1. The van der Waals surface area contributed by atoms with Crippen LogP contribution in [0.25, 0.3) is 0 Å². The zero-order valence-electron chi connectivity index (χ0n) is 13.9. The Kier molecular flexibility index (Phi) is 5.08. The monoisotopic (exact) mass is 309 g/mol. The lowest BCUT2D eigenvalue weighted by molar-refractivity contribution is -0.152. The lowest BCUT2D eigenvalue weighted by Crippen LogP contribution is -2.57. The van der Waals surface area contributed by atoms with Crippen LogP contribution in [0.3, 0.4) is 0 Å². The van der Waals surface area contributed by atoms with E-state index in [0.717, 1.165) is 52.0 Å². The summed E-state index contributed by atoms with van der Waals surface area (Å²) >= 11 is 0. The van der Waals surface area contributed by atoms with Gasteiger partial charge in [0.05, 0.1) is 5.60 Å². The minimum atomic E-state index is -0.603. The SMILES string of the molecule is CC1CN(C(=O)CC2CCCC2)CCC1(O)C1CCOCC1. The quantitative estimate of drug-likeness (QED) is 0.872. The molecule has 3 aliphatic rings. The van der Waals surface area contributed by atoms with Crippen molar-refractivity contribution in [3.8, 4) is 0 Å². The van der Waals surface area contributed by atoms with E-state index in [-0.39, 0.29) is 5.92 Å². The Morgan fingerprint density at radius 3 is 2.55 bits per heavy atom. The van der Waals surface area contributed by atoms with Gasteiger partial charge in [-0.2, -0.15) is 0 Å². The number of ether oxygens (including phenoxy) is 1. The molecule has 0 bridgehead atoms. The van der Waals surface area contributed by atoms with E-state index in [4.69, 9.17) is 4.74 Å². The van der Waals surface area contributed by atoms with Crippen molar-refractivity contribution in [1.29, 1.82) is 0 Å². The molecule has 2 unspecified atom stereocenters. The van der Waals surface area contributed by atoms with Gasteiger partial charge in [0, 0.05) is 38.6 Å². The van der Waals surface area contributed by atoms with Gasteiger partial charge < -0.3 is 14.7 Å². The van der Waals surface area contributed by atoms with E-state index in [0.29, 0.717) is 17.7 Å². The molecule has 0 aromatic heterocycles. The fraction of sp³-hybridized carbons (Fsp3) is 0.944. The Morgan fingerprint density at radius 2 is 1.91 bits per heavy atom. The maximum atomic E-state index is 12.5. The predicted molar refractivity (Wildman–Crippen MR) is 85.4 cm³/mol. The van der Waals surface area contributed by atoms with Crippen LogP contribution in [0.15, 0.2) is 0 Å². The summed E-state index contributed by atoms with van der Waals surface area (Å²) in [6.45, 7) is 5.10. The van der Waals surface area contributed by atoms with Gasteiger partial charge in [-0.1, -0.05) is 19.8 Å².